The van der Waals surface area contributed by atoms with Crippen molar-refractivity contribution in [2.24, 2.45) is 0 Å². The highest BCUT2D eigenvalue weighted by Crippen LogP contribution is 2.24. The number of rotatable bonds is 2. The van der Waals surface area contributed by atoms with Crippen LogP contribution < -0.4 is 0 Å². The molecule has 0 amide bonds. The summed E-state index contributed by atoms with van der Waals surface area (Å²) in [6.07, 6.45) is 1.99. The fourth-order valence-corrected chi connectivity index (χ4v) is 4.58. The van der Waals surface area contributed by atoms with Gasteiger partial charge >= 0.3 is 0 Å². The largest absolute Gasteiger partial charge is 0.349 e. The molecule has 0 N–H and O–H groups in total. The van der Waals surface area contributed by atoms with E-state index in [4.69, 9.17) is 0 Å². The van der Waals surface area contributed by atoms with Gasteiger partial charge in [-0.05, 0) is 23.6 Å². The summed E-state index contributed by atoms with van der Waals surface area (Å²) in [4.78, 5) is 0. The SMILES string of the molecule is O=S(=O)(c1cccs1)N1CCn2cccc2C1. The van der Waals surface area contributed by atoms with Crippen LogP contribution >= 0.6 is 11.3 Å². The third kappa shape index (κ3) is 1.82. The number of nitrogens with zero attached hydrogens (tertiary/aromatic N) is 2. The van der Waals surface area contributed by atoms with Gasteiger partial charge in [0.2, 0.25) is 0 Å². The van der Waals surface area contributed by atoms with Crippen LogP contribution in [0.1, 0.15) is 5.69 Å². The normalized spacial score (nSPS) is 16.9. The van der Waals surface area contributed by atoms with Crippen molar-refractivity contribution >= 4 is 21.4 Å². The van der Waals surface area contributed by atoms with Gasteiger partial charge in [0.15, 0.2) is 0 Å². The number of fused-ring (bicyclic) bond motifs is 1. The van der Waals surface area contributed by atoms with Crippen molar-refractivity contribution in [2.45, 2.75) is 17.3 Å². The molecule has 0 fully saturated rings. The van der Waals surface area contributed by atoms with Gasteiger partial charge in [0.25, 0.3) is 10.0 Å². The Kier molecular flexibility index (Phi) is 2.57. The zero-order chi connectivity index (χ0) is 11.9. The van der Waals surface area contributed by atoms with Gasteiger partial charge in [-0.3, -0.25) is 0 Å². The zero-order valence-corrected chi connectivity index (χ0v) is 10.7. The van der Waals surface area contributed by atoms with E-state index in [1.54, 1.807) is 21.8 Å². The summed E-state index contributed by atoms with van der Waals surface area (Å²) < 4.78 is 28.7. The Morgan fingerprint density at radius 1 is 1.18 bits per heavy atom. The third-order valence-electron chi connectivity index (χ3n) is 2.94. The lowest BCUT2D eigenvalue weighted by molar-refractivity contribution is 0.342. The minimum atomic E-state index is -3.30. The van der Waals surface area contributed by atoms with Crippen LogP contribution in [0.25, 0.3) is 0 Å². The van der Waals surface area contributed by atoms with E-state index in [2.05, 4.69) is 4.57 Å². The average molecular weight is 268 g/mol. The monoisotopic (exact) mass is 268 g/mol. The second-order valence-corrected chi connectivity index (χ2v) is 7.08. The Hall–Kier alpha value is -1.11. The number of thiophene rings is 1. The topological polar surface area (TPSA) is 42.3 Å². The molecule has 6 heteroatoms. The van der Waals surface area contributed by atoms with Crippen LogP contribution in [0.2, 0.25) is 0 Å². The van der Waals surface area contributed by atoms with Crippen LogP contribution in [0.3, 0.4) is 0 Å². The molecule has 0 radical (unpaired) electrons. The Balaban J connectivity index is 1.93. The number of hydrogen-bond donors (Lipinski definition) is 0. The molecule has 3 heterocycles. The van der Waals surface area contributed by atoms with E-state index < -0.39 is 10.0 Å². The first-order chi connectivity index (χ1) is 8.18. The van der Waals surface area contributed by atoms with Gasteiger partial charge in [0.1, 0.15) is 4.21 Å². The summed E-state index contributed by atoms with van der Waals surface area (Å²) in [5, 5.41) is 1.79. The number of hydrogen-bond acceptors (Lipinski definition) is 3. The van der Waals surface area contributed by atoms with Gasteiger partial charge in [-0.25, -0.2) is 8.42 Å². The molecule has 1 aliphatic rings. The van der Waals surface area contributed by atoms with E-state index in [0.717, 1.165) is 12.2 Å². The quantitative estimate of drug-likeness (QED) is 0.833. The molecule has 0 saturated carbocycles. The summed E-state index contributed by atoms with van der Waals surface area (Å²) in [6.45, 7) is 1.74. The molecule has 4 nitrogen and oxygen atoms in total. The van der Waals surface area contributed by atoms with E-state index in [1.807, 2.05) is 18.3 Å². The predicted molar refractivity (Wildman–Crippen MR) is 66.3 cm³/mol. The first-order valence-corrected chi connectivity index (χ1v) is 7.67. The summed E-state index contributed by atoms with van der Waals surface area (Å²) in [5.41, 5.74) is 1.05. The second kappa shape index (κ2) is 3.97. The van der Waals surface area contributed by atoms with Crippen LogP contribution in [0.15, 0.2) is 40.1 Å². The highest BCUT2D eigenvalue weighted by Gasteiger charge is 2.28. The lowest BCUT2D eigenvalue weighted by atomic mass is 10.3. The molecule has 2 aromatic heterocycles. The van der Waals surface area contributed by atoms with Crippen LogP contribution in [-0.4, -0.2) is 23.8 Å². The highest BCUT2D eigenvalue weighted by molar-refractivity contribution is 7.91. The number of sulfonamides is 1. The molecule has 0 unspecified atom stereocenters. The van der Waals surface area contributed by atoms with Gasteiger partial charge in [-0.15, -0.1) is 11.3 Å². The molecule has 0 spiro atoms. The van der Waals surface area contributed by atoms with Crippen molar-refractivity contribution in [2.75, 3.05) is 6.54 Å². The van der Waals surface area contributed by atoms with Crippen LogP contribution in [0, 0.1) is 0 Å². The van der Waals surface area contributed by atoms with Gasteiger partial charge in [0, 0.05) is 25.0 Å². The van der Waals surface area contributed by atoms with Crippen molar-refractivity contribution in [3.05, 3.63) is 41.5 Å². The Morgan fingerprint density at radius 3 is 2.82 bits per heavy atom. The molecule has 90 valence electrons. The molecule has 3 rings (SSSR count). The van der Waals surface area contributed by atoms with Gasteiger partial charge < -0.3 is 4.57 Å². The van der Waals surface area contributed by atoms with Crippen molar-refractivity contribution in [1.82, 2.24) is 8.87 Å². The smallest absolute Gasteiger partial charge is 0.252 e. The summed E-state index contributed by atoms with van der Waals surface area (Å²) >= 11 is 1.27. The molecule has 0 aromatic carbocycles. The third-order valence-corrected chi connectivity index (χ3v) is 6.16. The lowest BCUT2D eigenvalue weighted by Crippen LogP contribution is -2.37. The zero-order valence-electron chi connectivity index (χ0n) is 9.11. The Morgan fingerprint density at radius 2 is 2.06 bits per heavy atom. The standard InChI is InChI=1S/C11H12N2O2S2/c14-17(15,11-4-2-8-16-11)13-7-6-12-5-1-3-10(12)9-13/h1-5,8H,6-7,9H2. The summed E-state index contributed by atoms with van der Waals surface area (Å²) in [7, 11) is -3.30. The van der Waals surface area contributed by atoms with E-state index in [0.29, 0.717) is 17.3 Å². The lowest BCUT2D eigenvalue weighted by Gasteiger charge is -2.27. The minimum Gasteiger partial charge on any atom is -0.349 e. The molecule has 0 saturated heterocycles. The van der Waals surface area contributed by atoms with Crippen molar-refractivity contribution in [1.29, 1.82) is 0 Å². The number of aromatic nitrogens is 1. The highest BCUT2D eigenvalue weighted by atomic mass is 32.2. The van der Waals surface area contributed by atoms with Crippen molar-refractivity contribution in [3.8, 4) is 0 Å². The van der Waals surface area contributed by atoms with E-state index >= 15 is 0 Å². The maximum absolute atomic E-state index is 12.3. The minimum absolute atomic E-state index is 0.428. The summed E-state index contributed by atoms with van der Waals surface area (Å²) in [6, 6.07) is 7.35. The molecule has 0 bridgehead atoms. The maximum atomic E-state index is 12.3. The molecule has 0 aliphatic carbocycles. The van der Waals surface area contributed by atoms with Crippen LogP contribution in [0.4, 0.5) is 0 Å². The van der Waals surface area contributed by atoms with E-state index in [9.17, 15) is 8.42 Å². The van der Waals surface area contributed by atoms with Gasteiger partial charge in [0.05, 0.1) is 6.54 Å². The predicted octanol–water partition coefficient (Wildman–Crippen LogP) is 1.75. The van der Waals surface area contributed by atoms with E-state index in [1.165, 1.54) is 11.3 Å². The fraction of sp³-hybridized carbons (Fsp3) is 0.273. The van der Waals surface area contributed by atoms with Crippen LogP contribution in [-0.2, 0) is 23.1 Å². The van der Waals surface area contributed by atoms with Crippen molar-refractivity contribution in [3.63, 3.8) is 0 Å². The van der Waals surface area contributed by atoms with Gasteiger partial charge in [-0.2, -0.15) is 4.31 Å². The Labute approximate surface area is 104 Å². The van der Waals surface area contributed by atoms with Crippen molar-refractivity contribution < 1.29 is 8.42 Å². The van der Waals surface area contributed by atoms with Crippen LogP contribution in [0.5, 0.6) is 0 Å². The first kappa shape index (κ1) is 11.0. The summed E-state index contributed by atoms with van der Waals surface area (Å²) in [5.74, 6) is 0. The molecule has 0 atom stereocenters. The first-order valence-electron chi connectivity index (χ1n) is 5.35. The average Bonchev–Trinajstić information content (AvgIpc) is 2.99. The van der Waals surface area contributed by atoms with Gasteiger partial charge in [-0.1, -0.05) is 6.07 Å². The molecular formula is C11H12N2O2S2. The van der Waals surface area contributed by atoms with E-state index in [-0.39, 0.29) is 0 Å². The molecule has 1 aliphatic heterocycles. The second-order valence-electron chi connectivity index (χ2n) is 3.96. The molecular weight excluding hydrogens is 256 g/mol. The Bertz CT molecular complexity index is 614. The molecule has 2 aromatic rings. The maximum Gasteiger partial charge on any atom is 0.252 e. The fourth-order valence-electron chi connectivity index (χ4n) is 2.03. The molecule has 17 heavy (non-hydrogen) atoms.